The highest BCUT2D eigenvalue weighted by molar-refractivity contribution is 5.96. The molecule has 1 N–H and O–H groups in total. The fourth-order valence-electron chi connectivity index (χ4n) is 1.39. The van der Waals surface area contributed by atoms with Crippen molar-refractivity contribution in [1.29, 1.82) is 5.26 Å². The van der Waals surface area contributed by atoms with E-state index in [9.17, 15) is 4.79 Å². The van der Waals surface area contributed by atoms with E-state index in [4.69, 9.17) is 10.4 Å². The maximum atomic E-state index is 11.6. The molecule has 15 heavy (non-hydrogen) atoms. The van der Waals surface area contributed by atoms with Crippen LogP contribution in [-0.4, -0.2) is 17.0 Å². The Balaban J connectivity index is 3.00. The predicted molar refractivity (Wildman–Crippen MR) is 56.5 cm³/mol. The van der Waals surface area contributed by atoms with Crippen LogP contribution in [0.4, 0.5) is 0 Å². The third kappa shape index (κ3) is 3.19. The summed E-state index contributed by atoms with van der Waals surface area (Å²) in [6.45, 7) is 3.40. The van der Waals surface area contributed by atoms with Crippen molar-refractivity contribution >= 4 is 5.78 Å². The molecule has 0 aliphatic rings. The molecule has 0 amide bonds. The fourth-order valence-corrected chi connectivity index (χ4v) is 1.39. The van der Waals surface area contributed by atoms with Gasteiger partial charge in [-0.3, -0.25) is 4.79 Å². The number of hydrogen-bond donors (Lipinski definition) is 1. The molecule has 0 aliphatic carbocycles. The molecule has 0 fully saturated rings. The normalized spacial score (nSPS) is 11.9. The predicted octanol–water partition coefficient (Wildman–Crippen LogP) is 1.82. The van der Waals surface area contributed by atoms with Gasteiger partial charge in [0, 0.05) is 12.0 Å². The van der Waals surface area contributed by atoms with Crippen LogP contribution in [0.3, 0.4) is 0 Å². The number of aliphatic hydroxyl groups excluding tert-OH is 1. The minimum absolute atomic E-state index is 0.0916. The largest absolute Gasteiger partial charge is 0.393 e. The first-order valence-electron chi connectivity index (χ1n) is 4.76. The summed E-state index contributed by atoms with van der Waals surface area (Å²) in [5.74, 6) is -0.134. The van der Waals surface area contributed by atoms with Gasteiger partial charge < -0.3 is 5.11 Å². The van der Waals surface area contributed by atoms with Gasteiger partial charge in [-0.15, -0.1) is 0 Å². The van der Waals surface area contributed by atoms with Gasteiger partial charge in [0.25, 0.3) is 0 Å². The van der Waals surface area contributed by atoms with Gasteiger partial charge in [0.15, 0.2) is 5.78 Å². The standard InChI is InChI=1S/C12H13NO2/c1-8-3-10(7-13)6-11(4-8)12(15)5-9(2)14/h3-4,6,9,14H,5H2,1-2H3. The van der Waals surface area contributed by atoms with Gasteiger partial charge in [-0.25, -0.2) is 0 Å². The molecule has 0 spiro atoms. The van der Waals surface area contributed by atoms with Gasteiger partial charge in [0.2, 0.25) is 0 Å². The van der Waals surface area contributed by atoms with Crippen molar-refractivity contribution in [3.8, 4) is 6.07 Å². The van der Waals surface area contributed by atoms with E-state index in [0.717, 1.165) is 5.56 Å². The minimum Gasteiger partial charge on any atom is -0.393 e. The zero-order valence-corrected chi connectivity index (χ0v) is 8.82. The van der Waals surface area contributed by atoms with E-state index in [0.29, 0.717) is 11.1 Å². The molecule has 0 heterocycles. The summed E-state index contributed by atoms with van der Waals surface area (Å²) >= 11 is 0. The smallest absolute Gasteiger partial charge is 0.165 e. The minimum atomic E-state index is -0.649. The molecule has 0 aliphatic heterocycles. The van der Waals surface area contributed by atoms with Crippen LogP contribution >= 0.6 is 0 Å². The molecular formula is C12H13NO2. The Labute approximate surface area is 89.0 Å². The van der Waals surface area contributed by atoms with E-state index >= 15 is 0 Å². The van der Waals surface area contributed by atoms with E-state index < -0.39 is 6.10 Å². The van der Waals surface area contributed by atoms with Crippen LogP contribution in [-0.2, 0) is 0 Å². The fraction of sp³-hybridized carbons (Fsp3) is 0.333. The molecule has 0 saturated heterocycles. The average Bonchev–Trinajstić information content (AvgIpc) is 2.15. The van der Waals surface area contributed by atoms with Gasteiger partial charge in [0.05, 0.1) is 17.7 Å². The SMILES string of the molecule is Cc1cc(C#N)cc(C(=O)CC(C)O)c1. The van der Waals surface area contributed by atoms with Crippen LogP contribution in [0.25, 0.3) is 0 Å². The second-order valence-electron chi connectivity index (χ2n) is 3.68. The average molecular weight is 203 g/mol. The lowest BCUT2D eigenvalue weighted by Gasteiger charge is -2.05. The number of nitrogens with zero attached hydrogens (tertiary/aromatic N) is 1. The molecule has 78 valence electrons. The number of aliphatic hydroxyl groups is 1. The third-order valence-electron chi connectivity index (χ3n) is 2.01. The van der Waals surface area contributed by atoms with Crippen LogP contribution in [0.1, 0.15) is 34.8 Å². The highest BCUT2D eigenvalue weighted by atomic mass is 16.3. The van der Waals surface area contributed by atoms with Gasteiger partial charge in [-0.1, -0.05) is 0 Å². The monoisotopic (exact) mass is 203 g/mol. The lowest BCUT2D eigenvalue weighted by Crippen LogP contribution is -2.09. The molecule has 1 aromatic carbocycles. The number of rotatable bonds is 3. The van der Waals surface area contributed by atoms with Crippen LogP contribution in [0, 0.1) is 18.3 Å². The first-order valence-corrected chi connectivity index (χ1v) is 4.76. The van der Waals surface area contributed by atoms with Crippen LogP contribution in [0.5, 0.6) is 0 Å². The molecule has 0 radical (unpaired) electrons. The number of hydrogen-bond acceptors (Lipinski definition) is 3. The van der Waals surface area contributed by atoms with E-state index in [1.165, 1.54) is 0 Å². The number of benzene rings is 1. The number of Topliss-reactive ketones (excluding diaryl/α,β-unsaturated/α-hetero) is 1. The summed E-state index contributed by atoms with van der Waals surface area (Å²) in [6, 6.07) is 7.00. The van der Waals surface area contributed by atoms with E-state index in [-0.39, 0.29) is 12.2 Å². The molecule has 1 unspecified atom stereocenters. The lowest BCUT2D eigenvalue weighted by atomic mass is 10.0. The van der Waals surface area contributed by atoms with E-state index in [1.807, 2.05) is 13.0 Å². The summed E-state index contributed by atoms with van der Waals surface area (Å²) in [5, 5.41) is 17.8. The first kappa shape index (κ1) is 11.4. The molecule has 1 aromatic rings. The summed E-state index contributed by atoms with van der Waals surface area (Å²) in [4.78, 5) is 11.6. The van der Waals surface area contributed by atoms with Crippen molar-refractivity contribution < 1.29 is 9.90 Å². The Morgan fingerprint density at radius 1 is 1.53 bits per heavy atom. The van der Waals surface area contributed by atoms with Crippen molar-refractivity contribution in [2.75, 3.05) is 0 Å². The Hall–Kier alpha value is -1.66. The summed E-state index contributed by atoms with van der Waals surface area (Å²) in [6.07, 6.45) is -0.558. The zero-order valence-electron chi connectivity index (χ0n) is 8.82. The van der Waals surface area contributed by atoms with Crippen molar-refractivity contribution in [2.45, 2.75) is 26.4 Å². The number of aryl methyl sites for hydroxylation is 1. The molecule has 0 saturated carbocycles. The first-order chi connectivity index (χ1) is 7.02. The molecular weight excluding hydrogens is 190 g/mol. The highest BCUT2D eigenvalue weighted by Crippen LogP contribution is 2.12. The third-order valence-corrected chi connectivity index (χ3v) is 2.01. The Morgan fingerprint density at radius 2 is 2.20 bits per heavy atom. The van der Waals surface area contributed by atoms with Gasteiger partial charge >= 0.3 is 0 Å². The van der Waals surface area contributed by atoms with Crippen molar-refractivity contribution in [2.24, 2.45) is 0 Å². The number of nitriles is 1. The second-order valence-corrected chi connectivity index (χ2v) is 3.68. The molecule has 0 aromatic heterocycles. The maximum Gasteiger partial charge on any atom is 0.165 e. The molecule has 1 atom stereocenters. The van der Waals surface area contributed by atoms with Crippen LogP contribution < -0.4 is 0 Å². The lowest BCUT2D eigenvalue weighted by molar-refractivity contribution is 0.0901. The van der Waals surface area contributed by atoms with E-state index in [1.54, 1.807) is 25.1 Å². The molecule has 1 rings (SSSR count). The number of carbonyl (C=O) groups is 1. The highest BCUT2D eigenvalue weighted by Gasteiger charge is 2.10. The van der Waals surface area contributed by atoms with Crippen LogP contribution in [0.15, 0.2) is 18.2 Å². The Morgan fingerprint density at radius 3 is 2.73 bits per heavy atom. The quantitative estimate of drug-likeness (QED) is 0.762. The van der Waals surface area contributed by atoms with Gasteiger partial charge in [-0.2, -0.15) is 5.26 Å². The molecule has 0 bridgehead atoms. The van der Waals surface area contributed by atoms with Gasteiger partial charge in [0.1, 0.15) is 0 Å². The number of ketones is 1. The Bertz CT molecular complexity index is 416. The van der Waals surface area contributed by atoms with Crippen molar-refractivity contribution in [3.05, 3.63) is 34.9 Å². The molecule has 3 heteroatoms. The summed E-state index contributed by atoms with van der Waals surface area (Å²) in [5.41, 5.74) is 1.85. The zero-order chi connectivity index (χ0) is 11.4. The van der Waals surface area contributed by atoms with Gasteiger partial charge in [-0.05, 0) is 37.6 Å². The van der Waals surface area contributed by atoms with Crippen molar-refractivity contribution in [1.82, 2.24) is 0 Å². The Kier molecular flexibility index (Phi) is 3.59. The molecule has 3 nitrogen and oxygen atoms in total. The summed E-state index contributed by atoms with van der Waals surface area (Å²) in [7, 11) is 0. The van der Waals surface area contributed by atoms with Crippen molar-refractivity contribution in [3.63, 3.8) is 0 Å². The maximum absolute atomic E-state index is 11.6. The second kappa shape index (κ2) is 4.72. The summed E-state index contributed by atoms with van der Waals surface area (Å²) < 4.78 is 0. The van der Waals surface area contributed by atoms with E-state index in [2.05, 4.69) is 0 Å². The topological polar surface area (TPSA) is 61.1 Å². The van der Waals surface area contributed by atoms with Crippen LogP contribution in [0.2, 0.25) is 0 Å². The number of carbonyl (C=O) groups excluding carboxylic acids is 1.